The Balaban J connectivity index is 1.60. The molecule has 10 heteroatoms. The van der Waals surface area contributed by atoms with E-state index in [-0.39, 0.29) is 18.4 Å². The van der Waals surface area contributed by atoms with Crippen molar-refractivity contribution in [2.45, 2.75) is 56.3 Å². The predicted octanol–water partition coefficient (Wildman–Crippen LogP) is -0.981. The molecule has 4 atom stereocenters. The summed E-state index contributed by atoms with van der Waals surface area (Å²) in [4.78, 5) is 51.3. The van der Waals surface area contributed by atoms with Crippen LogP contribution in [0.5, 0.6) is 0 Å². The maximum Gasteiger partial charge on any atom is 0.326 e. The number of carbonyl (C=O) groups is 4. The number of aliphatic hydroxyl groups excluding tert-OH is 1. The number of carboxylic acids is 1. The molecule has 2 aliphatic rings. The van der Waals surface area contributed by atoms with E-state index in [1.165, 1.54) is 4.90 Å². The Hall–Kier alpha value is -2.98. The fourth-order valence-corrected chi connectivity index (χ4v) is 4.18. The molecule has 1 aromatic carbocycles. The Labute approximate surface area is 186 Å². The maximum atomic E-state index is 12.8. The third-order valence-electron chi connectivity index (χ3n) is 5.91. The molecule has 0 spiro atoms. The van der Waals surface area contributed by atoms with E-state index < -0.39 is 42.5 Å². The van der Waals surface area contributed by atoms with Gasteiger partial charge < -0.3 is 31.1 Å². The van der Waals surface area contributed by atoms with E-state index in [4.69, 9.17) is 0 Å². The molecule has 174 valence electrons. The number of aliphatic hydroxyl groups is 1. The molecule has 2 heterocycles. The van der Waals surface area contributed by atoms with E-state index in [2.05, 4.69) is 16.0 Å². The van der Waals surface area contributed by atoms with Crippen LogP contribution in [0.3, 0.4) is 0 Å². The molecule has 0 aliphatic carbocycles. The standard InChI is InChI=1S/C22H30N4O6/c27-13-17(19(28)24-16(22(31)32)12-14-6-2-1-3-7-14)25-20(29)18-9-5-11-26(18)21(30)15-8-4-10-23-15/h1-3,6-7,15-18,23,27H,4-5,8-13H2,(H,24,28)(H,25,29)(H,31,32). The lowest BCUT2D eigenvalue weighted by Crippen LogP contribution is -2.57. The van der Waals surface area contributed by atoms with Crippen LogP contribution in [0.2, 0.25) is 0 Å². The summed E-state index contributed by atoms with van der Waals surface area (Å²) in [7, 11) is 0. The van der Waals surface area contributed by atoms with Crippen molar-refractivity contribution in [3.8, 4) is 0 Å². The number of nitrogens with zero attached hydrogens (tertiary/aromatic N) is 1. The van der Waals surface area contributed by atoms with E-state index in [0.717, 1.165) is 24.9 Å². The number of hydrogen-bond acceptors (Lipinski definition) is 6. The summed E-state index contributed by atoms with van der Waals surface area (Å²) in [6, 6.07) is 5.29. The number of carboxylic acid groups (broad SMARTS) is 1. The molecular formula is C22H30N4O6. The second-order valence-corrected chi connectivity index (χ2v) is 8.17. The first kappa shape index (κ1) is 23.7. The summed E-state index contributed by atoms with van der Waals surface area (Å²) in [5, 5.41) is 27.1. The molecule has 2 saturated heterocycles. The van der Waals surface area contributed by atoms with E-state index in [1.807, 2.05) is 0 Å². The second-order valence-electron chi connectivity index (χ2n) is 8.17. The van der Waals surface area contributed by atoms with Crippen molar-refractivity contribution in [2.24, 2.45) is 0 Å². The summed E-state index contributed by atoms with van der Waals surface area (Å²) in [5.41, 5.74) is 0.727. The van der Waals surface area contributed by atoms with Crippen LogP contribution in [0.15, 0.2) is 30.3 Å². The first-order valence-corrected chi connectivity index (χ1v) is 10.9. The molecule has 2 aliphatic heterocycles. The van der Waals surface area contributed by atoms with Crippen LogP contribution in [0.1, 0.15) is 31.2 Å². The second kappa shape index (κ2) is 11.1. The molecule has 3 rings (SSSR count). The van der Waals surface area contributed by atoms with Crippen molar-refractivity contribution in [3.63, 3.8) is 0 Å². The summed E-state index contributed by atoms with van der Waals surface area (Å²) in [5.74, 6) is -2.67. The number of likely N-dealkylation sites (tertiary alicyclic amines) is 1. The number of amides is 3. The lowest BCUT2D eigenvalue weighted by atomic mass is 10.1. The van der Waals surface area contributed by atoms with Gasteiger partial charge in [0.2, 0.25) is 17.7 Å². The summed E-state index contributed by atoms with van der Waals surface area (Å²) < 4.78 is 0. The van der Waals surface area contributed by atoms with Gasteiger partial charge in [0.15, 0.2) is 0 Å². The number of aliphatic carboxylic acids is 1. The first-order chi connectivity index (χ1) is 15.4. The Morgan fingerprint density at radius 3 is 2.44 bits per heavy atom. The molecule has 10 nitrogen and oxygen atoms in total. The van der Waals surface area contributed by atoms with Gasteiger partial charge in [-0.2, -0.15) is 0 Å². The van der Waals surface area contributed by atoms with Gasteiger partial charge in [0, 0.05) is 13.0 Å². The highest BCUT2D eigenvalue weighted by Gasteiger charge is 2.39. The van der Waals surface area contributed by atoms with Crippen LogP contribution in [0, 0.1) is 0 Å². The van der Waals surface area contributed by atoms with Crippen LogP contribution < -0.4 is 16.0 Å². The molecule has 5 N–H and O–H groups in total. The van der Waals surface area contributed by atoms with Gasteiger partial charge in [-0.05, 0) is 37.8 Å². The van der Waals surface area contributed by atoms with Crippen LogP contribution in [0.4, 0.5) is 0 Å². The largest absolute Gasteiger partial charge is 0.480 e. The van der Waals surface area contributed by atoms with Crippen molar-refractivity contribution in [2.75, 3.05) is 19.7 Å². The first-order valence-electron chi connectivity index (χ1n) is 10.9. The minimum Gasteiger partial charge on any atom is -0.480 e. The van der Waals surface area contributed by atoms with Crippen molar-refractivity contribution < 1.29 is 29.4 Å². The number of nitrogens with one attached hydrogen (secondary N) is 3. The van der Waals surface area contributed by atoms with Crippen LogP contribution in [0.25, 0.3) is 0 Å². The zero-order valence-corrected chi connectivity index (χ0v) is 17.8. The topological polar surface area (TPSA) is 148 Å². The van der Waals surface area contributed by atoms with Crippen LogP contribution in [-0.2, 0) is 25.6 Å². The number of rotatable bonds is 9. The fourth-order valence-electron chi connectivity index (χ4n) is 4.18. The van der Waals surface area contributed by atoms with Crippen molar-refractivity contribution in [3.05, 3.63) is 35.9 Å². The Kier molecular flexibility index (Phi) is 8.18. The lowest BCUT2D eigenvalue weighted by molar-refractivity contribution is -0.143. The van der Waals surface area contributed by atoms with Gasteiger partial charge in [-0.1, -0.05) is 30.3 Å². The minimum atomic E-state index is -1.32. The van der Waals surface area contributed by atoms with E-state index in [9.17, 15) is 29.4 Å². The van der Waals surface area contributed by atoms with E-state index in [0.29, 0.717) is 19.4 Å². The number of hydrogen-bond donors (Lipinski definition) is 5. The normalized spacial score (nSPS) is 22.2. The van der Waals surface area contributed by atoms with Gasteiger partial charge in [0.25, 0.3) is 0 Å². The van der Waals surface area contributed by atoms with Crippen molar-refractivity contribution in [1.82, 2.24) is 20.9 Å². The van der Waals surface area contributed by atoms with Gasteiger partial charge in [-0.3, -0.25) is 14.4 Å². The smallest absolute Gasteiger partial charge is 0.326 e. The zero-order chi connectivity index (χ0) is 23.1. The highest BCUT2D eigenvalue weighted by atomic mass is 16.4. The maximum absolute atomic E-state index is 12.8. The highest BCUT2D eigenvalue weighted by Crippen LogP contribution is 2.21. The molecule has 1 aromatic rings. The third-order valence-corrected chi connectivity index (χ3v) is 5.91. The van der Waals surface area contributed by atoms with Crippen LogP contribution >= 0.6 is 0 Å². The average Bonchev–Trinajstić information content (AvgIpc) is 3.49. The molecule has 0 saturated carbocycles. The van der Waals surface area contributed by atoms with Gasteiger partial charge >= 0.3 is 5.97 Å². The molecule has 3 amide bonds. The predicted molar refractivity (Wildman–Crippen MR) is 114 cm³/mol. The molecular weight excluding hydrogens is 416 g/mol. The summed E-state index contributed by atoms with van der Waals surface area (Å²) in [6.07, 6.45) is 2.83. The van der Waals surface area contributed by atoms with Crippen molar-refractivity contribution in [1.29, 1.82) is 0 Å². The van der Waals surface area contributed by atoms with Gasteiger partial charge in [-0.25, -0.2) is 4.79 Å². The Bertz CT molecular complexity index is 827. The molecule has 32 heavy (non-hydrogen) atoms. The Morgan fingerprint density at radius 2 is 1.81 bits per heavy atom. The number of benzene rings is 1. The lowest BCUT2D eigenvalue weighted by Gasteiger charge is -2.28. The Morgan fingerprint density at radius 1 is 1.06 bits per heavy atom. The van der Waals surface area contributed by atoms with Crippen molar-refractivity contribution >= 4 is 23.7 Å². The quantitative estimate of drug-likeness (QED) is 0.327. The highest BCUT2D eigenvalue weighted by molar-refractivity contribution is 5.94. The van der Waals surface area contributed by atoms with E-state index in [1.54, 1.807) is 30.3 Å². The van der Waals surface area contributed by atoms with E-state index >= 15 is 0 Å². The SMILES string of the molecule is O=C(O)C(Cc1ccccc1)NC(=O)C(CO)NC(=O)C1CCCN1C(=O)C1CCCN1. The zero-order valence-electron chi connectivity index (χ0n) is 17.8. The molecule has 2 fully saturated rings. The number of carbonyl (C=O) groups excluding carboxylic acids is 3. The third kappa shape index (κ3) is 5.83. The summed E-state index contributed by atoms with van der Waals surface area (Å²) in [6.45, 7) is 0.533. The molecule has 4 unspecified atom stereocenters. The molecule has 0 bridgehead atoms. The molecule has 0 aromatic heterocycles. The monoisotopic (exact) mass is 446 g/mol. The van der Waals surface area contributed by atoms with Crippen LogP contribution in [-0.4, -0.2) is 82.7 Å². The van der Waals surface area contributed by atoms with Gasteiger partial charge in [-0.15, -0.1) is 0 Å². The molecule has 0 radical (unpaired) electrons. The average molecular weight is 447 g/mol. The fraction of sp³-hybridized carbons (Fsp3) is 0.545. The summed E-state index contributed by atoms with van der Waals surface area (Å²) >= 11 is 0. The van der Waals surface area contributed by atoms with Gasteiger partial charge in [0.1, 0.15) is 18.1 Å². The van der Waals surface area contributed by atoms with Gasteiger partial charge in [0.05, 0.1) is 12.6 Å². The minimum absolute atomic E-state index is 0.0628.